The second-order valence-electron chi connectivity index (χ2n) is 7.58. The number of rotatable bonds is 5. The van der Waals surface area contributed by atoms with Crippen molar-refractivity contribution in [3.8, 4) is 0 Å². The molecule has 4 rings (SSSR count). The number of hydrogen-bond donors (Lipinski definition) is 0. The van der Waals surface area contributed by atoms with Gasteiger partial charge in [0.15, 0.2) is 5.78 Å². The zero-order valence-corrected chi connectivity index (χ0v) is 16.0. The summed E-state index contributed by atoms with van der Waals surface area (Å²) in [6.45, 7) is 6.30. The van der Waals surface area contributed by atoms with Crippen molar-refractivity contribution >= 4 is 11.7 Å². The quantitative estimate of drug-likeness (QED) is 0.761. The van der Waals surface area contributed by atoms with Crippen LogP contribution in [0.1, 0.15) is 48.2 Å². The molecule has 2 aromatic rings. The molecule has 0 amide bonds. The summed E-state index contributed by atoms with van der Waals surface area (Å²) in [6.07, 6.45) is 11.9. The van der Waals surface area contributed by atoms with Crippen molar-refractivity contribution in [3.63, 3.8) is 0 Å². The van der Waals surface area contributed by atoms with Gasteiger partial charge in [0.1, 0.15) is 0 Å². The third kappa shape index (κ3) is 4.38. The Morgan fingerprint density at radius 1 is 0.926 bits per heavy atom. The predicted molar refractivity (Wildman–Crippen MR) is 106 cm³/mol. The van der Waals surface area contributed by atoms with Crippen LogP contribution in [-0.4, -0.2) is 57.9 Å². The van der Waals surface area contributed by atoms with E-state index in [9.17, 15) is 4.79 Å². The van der Waals surface area contributed by atoms with E-state index in [2.05, 4.69) is 30.5 Å². The molecule has 0 spiro atoms. The predicted octanol–water partition coefficient (Wildman–Crippen LogP) is 2.79. The van der Waals surface area contributed by atoms with E-state index < -0.39 is 0 Å². The summed E-state index contributed by atoms with van der Waals surface area (Å²) >= 11 is 0. The molecule has 1 aliphatic carbocycles. The van der Waals surface area contributed by atoms with E-state index in [1.807, 2.05) is 24.5 Å². The minimum Gasteiger partial charge on any atom is -0.351 e. The Hall–Kier alpha value is -2.21. The molecule has 0 saturated carbocycles. The molecule has 144 valence electrons. The van der Waals surface area contributed by atoms with Gasteiger partial charge in [-0.2, -0.15) is 0 Å². The number of aryl methyl sites for hydroxylation is 1. The molecule has 1 aliphatic heterocycles. The fourth-order valence-corrected chi connectivity index (χ4v) is 4.27. The van der Waals surface area contributed by atoms with Gasteiger partial charge in [0, 0.05) is 62.4 Å². The van der Waals surface area contributed by atoms with Gasteiger partial charge >= 0.3 is 0 Å². The second-order valence-corrected chi connectivity index (χ2v) is 7.58. The summed E-state index contributed by atoms with van der Waals surface area (Å²) in [5.41, 5.74) is 2.24. The molecule has 3 heterocycles. The van der Waals surface area contributed by atoms with Crippen molar-refractivity contribution in [2.24, 2.45) is 0 Å². The highest BCUT2D eigenvalue weighted by atomic mass is 16.1. The topological polar surface area (TPSA) is 54.3 Å². The largest absolute Gasteiger partial charge is 0.351 e. The van der Waals surface area contributed by atoms with Crippen molar-refractivity contribution in [1.29, 1.82) is 0 Å². The molecule has 0 atom stereocenters. The molecule has 0 aromatic carbocycles. The lowest BCUT2D eigenvalue weighted by atomic mass is 10.1. The van der Waals surface area contributed by atoms with Crippen LogP contribution in [0.15, 0.2) is 30.7 Å². The third-order valence-electron chi connectivity index (χ3n) is 5.74. The lowest BCUT2D eigenvalue weighted by Crippen LogP contribution is -2.32. The minimum atomic E-state index is 0.331. The van der Waals surface area contributed by atoms with E-state index in [-0.39, 0.29) is 0 Å². The first kappa shape index (κ1) is 18.2. The van der Waals surface area contributed by atoms with Crippen molar-refractivity contribution in [3.05, 3.63) is 42.0 Å². The van der Waals surface area contributed by atoms with E-state index in [1.54, 1.807) is 0 Å². The fourth-order valence-electron chi connectivity index (χ4n) is 4.27. The number of ketones is 1. The highest BCUT2D eigenvalue weighted by Crippen LogP contribution is 2.22. The SMILES string of the molecule is O=C1CCCCc2c1ccn2CCCN1CCCN(c2ncccn2)CC1. The maximum absolute atomic E-state index is 12.2. The Kier molecular flexibility index (Phi) is 5.82. The molecule has 0 unspecified atom stereocenters. The monoisotopic (exact) mass is 367 g/mol. The van der Waals surface area contributed by atoms with Crippen molar-refractivity contribution < 1.29 is 4.79 Å². The van der Waals surface area contributed by atoms with Crippen LogP contribution in [0.5, 0.6) is 0 Å². The number of carbonyl (C=O) groups is 1. The maximum atomic E-state index is 12.2. The van der Waals surface area contributed by atoms with Gasteiger partial charge in [-0.3, -0.25) is 4.79 Å². The lowest BCUT2D eigenvalue weighted by molar-refractivity contribution is 0.0982. The summed E-state index contributed by atoms with van der Waals surface area (Å²) in [7, 11) is 0. The highest BCUT2D eigenvalue weighted by Gasteiger charge is 2.19. The van der Waals surface area contributed by atoms with Crippen LogP contribution < -0.4 is 4.90 Å². The van der Waals surface area contributed by atoms with Crippen LogP contribution in [0.25, 0.3) is 0 Å². The number of anilines is 1. The number of carbonyl (C=O) groups excluding carboxylic acids is 1. The van der Waals surface area contributed by atoms with Gasteiger partial charge in [-0.05, 0) is 57.3 Å². The van der Waals surface area contributed by atoms with E-state index in [0.717, 1.165) is 82.9 Å². The Morgan fingerprint density at radius 3 is 2.67 bits per heavy atom. The molecule has 6 heteroatoms. The van der Waals surface area contributed by atoms with Crippen LogP contribution in [0.3, 0.4) is 0 Å². The van der Waals surface area contributed by atoms with Gasteiger partial charge in [0.25, 0.3) is 0 Å². The summed E-state index contributed by atoms with van der Waals surface area (Å²) in [5, 5.41) is 0. The van der Waals surface area contributed by atoms with Gasteiger partial charge in [0.2, 0.25) is 5.95 Å². The number of Topliss-reactive ketones (excluding diaryl/α,β-unsaturated/α-hetero) is 1. The Balaban J connectivity index is 1.28. The first-order chi connectivity index (χ1) is 13.3. The van der Waals surface area contributed by atoms with E-state index in [0.29, 0.717) is 12.2 Å². The summed E-state index contributed by atoms with van der Waals surface area (Å²) in [6, 6.07) is 3.90. The number of nitrogens with zero attached hydrogens (tertiary/aromatic N) is 5. The fraction of sp³-hybridized carbons (Fsp3) is 0.571. The average molecular weight is 367 g/mol. The van der Waals surface area contributed by atoms with Crippen LogP contribution in [-0.2, 0) is 13.0 Å². The van der Waals surface area contributed by atoms with Gasteiger partial charge < -0.3 is 14.4 Å². The molecule has 1 saturated heterocycles. The molecular formula is C21H29N5O. The van der Waals surface area contributed by atoms with Crippen LogP contribution in [0.2, 0.25) is 0 Å². The standard InChI is InChI=1S/C21H29N5O/c27-20-7-2-1-6-19-18(20)8-15-25(19)13-4-11-24-12-5-14-26(17-16-24)21-22-9-3-10-23-21/h3,8-10,15H,1-2,4-7,11-14,16-17H2. The van der Waals surface area contributed by atoms with Crippen LogP contribution in [0, 0.1) is 0 Å². The Bertz CT molecular complexity index is 757. The van der Waals surface area contributed by atoms with Crippen LogP contribution in [0.4, 0.5) is 5.95 Å². The smallest absolute Gasteiger partial charge is 0.225 e. The summed E-state index contributed by atoms with van der Waals surface area (Å²) < 4.78 is 2.32. The molecule has 0 N–H and O–H groups in total. The average Bonchev–Trinajstić information content (AvgIpc) is 2.84. The van der Waals surface area contributed by atoms with Gasteiger partial charge in [-0.25, -0.2) is 9.97 Å². The molecule has 27 heavy (non-hydrogen) atoms. The molecule has 6 nitrogen and oxygen atoms in total. The third-order valence-corrected chi connectivity index (χ3v) is 5.74. The molecular weight excluding hydrogens is 338 g/mol. The Labute approximate surface area is 161 Å². The first-order valence-corrected chi connectivity index (χ1v) is 10.3. The van der Waals surface area contributed by atoms with Gasteiger partial charge in [-0.15, -0.1) is 0 Å². The highest BCUT2D eigenvalue weighted by molar-refractivity contribution is 5.97. The van der Waals surface area contributed by atoms with Gasteiger partial charge in [0.05, 0.1) is 0 Å². The van der Waals surface area contributed by atoms with Gasteiger partial charge in [-0.1, -0.05) is 0 Å². The summed E-state index contributed by atoms with van der Waals surface area (Å²) in [5.74, 6) is 1.18. The molecule has 1 fully saturated rings. The van der Waals surface area contributed by atoms with Crippen molar-refractivity contribution in [2.75, 3.05) is 37.6 Å². The molecule has 0 radical (unpaired) electrons. The van der Waals surface area contributed by atoms with Crippen molar-refractivity contribution in [1.82, 2.24) is 19.4 Å². The zero-order chi connectivity index (χ0) is 18.5. The van der Waals surface area contributed by atoms with E-state index >= 15 is 0 Å². The molecule has 2 aliphatic rings. The second kappa shape index (κ2) is 8.65. The van der Waals surface area contributed by atoms with E-state index in [1.165, 1.54) is 5.69 Å². The normalized spacial score (nSPS) is 18.8. The minimum absolute atomic E-state index is 0.331. The van der Waals surface area contributed by atoms with E-state index in [4.69, 9.17) is 0 Å². The lowest BCUT2D eigenvalue weighted by Gasteiger charge is -2.22. The van der Waals surface area contributed by atoms with Crippen molar-refractivity contribution in [2.45, 2.75) is 45.1 Å². The molecule has 2 aromatic heterocycles. The number of hydrogen-bond acceptors (Lipinski definition) is 5. The van der Waals surface area contributed by atoms with Crippen LogP contribution >= 0.6 is 0 Å². The first-order valence-electron chi connectivity index (χ1n) is 10.3. The maximum Gasteiger partial charge on any atom is 0.225 e. The Morgan fingerprint density at radius 2 is 1.78 bits per heavy atom. The zero-order valence-electron chi connectivity index (χ0n) is 16.0. The number of aromatic nitrogens is 3. The summed E-state index contributed by atoms with van der Waals surface area (Å²) in [4.78, 5) is 25.8. The number of fused-ring (bicyclic) bond motifs is 1. The molecule has 0 bridgehead atoms.